The fourth-order valence-corrected chi connectivity index (χ4v) is 2.92. The Kier molecular flexibility index (Phi) is 4.05. The number of amides is 1. The summed E-state index contributed by atoms with van der Waals surface area (Å²) in [6, 6.07) is 0.00882. The quantitative estimate of drug-likeness (QED) is 0.763. The Morgan fingerprint density at radius 2 is 1.88 bits per heavy atom. The third-order valence-corrected chi connectivity index (χ3v) is 4.21. The molecule has 2 rings (SSSR count). The Morgan fingerprint density at radius 1 is 1.29 bits per heavy atom. The minimum absolute atomic E-state index is 0.00882. The molecule has 2 fully saturated rings. The van der Waals surface area contributed by atoms with E-state index in [-0.39, 0.29) is 17.5 Å². The van der Waals surface area contributed by atoms with Gasteiger partial charge in [-0.15, -0.1) is 0 Å². The van der Waals surface area contributed by atoms with Gasteiger partial charge in [-0.2, -0.15) is 0 Å². The van der Waals surface area contributed by atoms with E-state index in [0.29, 0.717) is 0 Å². The predicted octanol–water partition coefficient (Wildman–Crippen LogP) is 0.729. The number of carbonyl (C=O) groups excluding carboxylic acids is 1. The van der Waals surface area contributed by atoms with Crippen molar-refractivity contribution in [3.05, 3.63) is 0 Å². The minimum Gasteiger partial charge on any atom is -0.350 e. The summed E-state index contributed by atoms with van der Waals surface area (Å²) in [6.45, 7) is 8.15. The molecule has 0 bridgehead atoms. The maximum atomic E-state index is 12.2. The zero-order valence-corrected chi connectivity index (χ0v) is 11.1. The lowest BCUT2D eigenvalue weighted by atomic mass is 10.00. The average molecular weight is 239 g/mol. The first kappa shape index (κ1) is 12.8. The summed E-state index contributed by atoms with van der Waals surface area (Å²) in [4.78, 5) is 14.5. The van der Waals surface area contributed by atoms with Gasteiger partial charge in [0.25, 0.3) is 0 Å². The molecule has 0 aromatic heterocycles. The Hall–Kier alpha value is -0.610. The smallest absolute Gasteiger partial charge is 0.237 e. The van der Waals surface area contributed by atoms with Crippen LogP contribution >= 0.6 is 0 Å². The summed E-state index contributed by atoms with van der Waals surface area (Å²) in [5.41, 5.74) is 0.0549. The van der Waals surface area contributed by atoms with Crippen molar-refractivity contribution in [2.24, 2.45) is 0 Å². The van der Waals surface area contributed by atoms with Gasteiger partial charge in [0.1, 0.15) is 0 Å². The molecular weight excluding hydrogens is 214 g/mol. The van der Waals surface area contributed by atoms with Gasteiger partial charge in [0.15, 0.2) is 0 Å². The van der Waals surface area contributed by atoms with E-state index in [1.54, 1.807) is 0 Å². The second-order valence-electron chi connectivity index (χ2n) is 5.72. The first-order valence-corrected chi connectivity index (χ1v) is 6.88. The van der Waals surface area contributed by atoms with Crippen molar-refractivity contribution in [2.75, 3.05) is 26.2 Å². The number of nitrogens with one attached hydrogen (secondary N) is 2. The van der Waals surface area contributed by atoms with E-state index in [1.807, 2.05) is 6.92 Å². The second-order valence-corrected chi connectivity index (χ2v) is 5.72. The lowest BCUT2D eigenvalue weighted by molar-refractivity contribution is -0.127. The summed E-state index contributed by atoms with van der Waals surface area (Å²) in [6.07, 6.45) is 4.76. The number of nitrogens with zero attached hydrogens (tertiary/aromatic N) is 1. The van der Waals surface area contributed by atoms with Crippen molar-refractivity contribution >= 4 is 5.91 Å². The van der Waals surface area contributed by atoms with Crippen molar-refractivity contribution in [1.82, 2.24) is 15.5 Å². The van der Waals surface area contributed by atoms with Gasteiger partial charge in [0.05, 0.1) is 6.04 Å². The number of hydrogen-bond acceptors (Lipinski definition) is 3. The van der Waals surface area contributed by atoms with Crippen molar-refractivity contribution in [2.45, 2.75) is 51.1 Å². The fraction of sp³-hybridized carbons (Fsp3) is 0.923. The van der Waals surface area contributed by atoms with Gasteiger partial charge in [-0.3, -0.25) is 9.69 Å². The monoisotopic (exact) mass is 239 g/mol. The summed E-state index contributed by atoms with van der Waals surface area (Å²) in [7, 11) is 0. The maximum Gasteiger partial charge on any atom is 0.237 e. The molecule has 2 N–H and O–H groups in total. The number of piperazine rings is 1. The molecule has 1 aliphatic carbocycles. The molecule has 4 heteroatoms. The summed E-state index contributed by atoms with van der Waals surface area (Å²) in [5, 5.41) is 6.57. The summed E-state index contributed by atoms with van der Waals surface area (Å²) in [5.74, 6) is 0.205. The van der Waals surface area contributed by atoms with Crippen molar-refractivity contribution in [3.63, 3.8) is 0 Å². The molecular formula is C13H25N3O. The van der Waals surface area contributed by atoms with Gasteiger partial charge in [-0.25, -0.2) is 0 Å². The zero-order chi connectivity index (χ0) is 12.3. The van der Waals surface area contributed by atoms with Gasteiger partial charge >= 0.3 is 0 Å². The largest absolute Gasteiger partial charge is 0.350 e. The highest BCUT2D eigenvalue weighted by Crippen LogP contribution is 2.29. The van der Waals surface area contributed by atoms with E-state index < -0.39 is 0 Å². The van der Waals surface area contributed by atoms with E-state index >= 15 is 0 Å². The molecule has 1 atom stereocenters. The van der Waals surface area contributed by atoms with Crippen LogP contribution in [0.2, 0.25) is 0 Å². The van der Waals surface area contributed by atoms with E-state index in [4.69, 9.17) is 0 Å². The van der Waals surface area contributed by atoms with Crippen molar-refractivity contribution < 1.29 is 4.79 Å². The molecule has 98 valence electrons. The standard InChI is InChI=1S/C13H25N3O/c1-11(16-9-7-14-8-10-16)12(17)15-13(2)5-3-4-6-13/h11,14H,3-10H2,1-2H3,(H,15,17). The molecule has 1 unspecified atom stereocenters. The van der Waals surface area contributed by atoms with Gasteiger partial charge in [0, 0.05) is 31.7 Å². The first-order valence-electron chi connectivity index (χ1n) is 6.88. The molecule has 0 spiro atoms. The molecule has 1 amide bonds. The van der Waals surface area contributed by atoms with Gasteiger partial charge in [-0.1, -0.05) is 12.8 Å². The van der Waals surface area contributed by atoms with E-state index in [1.165, 1.54) is 12.8 Å². The summed E-state index contributed by atoms with van der Waals surface area (Å²) < 4.78 is 0. The van der Waals surface area contributed by atoms with E-state index in [2.05, 4.69) is 22.5 Å². The molecule has 4 nitrogen and oxygen atoms in total. The van der Waals surface area contributed by atoms with Crippen LogP contribution in [0.5, 0.6) is 0 Å². The molecule has 17 heavy (non-hydrogen) atoms. The molecule has 2 aliphatic rings. The lowest BCUT2D eigenvalue weighted by Crippen LogP contribution is -2.56. The molecule has 1 saturated heterocycles. The molecule has 1 saturated carbocycles. The van der Waals surface area contributed by atoms with Gasteiger partial charge in [0.2, 0.25) is 5.91 Å². The normalized spacial score (nSPS) is 26.7. The second kappa shape index (κ2) is 5.36. The highest BCUT2D eigenvalue weighted by atomic mass is 16.2. The first-order chi connectivity index (χ1) is 8.11. The van der Waals surface area contributed by atoms with Crippen LogP contribution in [0.3, 0.4) is 0 Å². The van der Waals surface area contributed by atoms with E-state index in [0.717, 1.165) is 39.0 Å². The van der Waals surface area contributed by atoms with Crippen molar-refractivity contribution in [1.29, 1.82) is 0 Å². The van der Waals surface area contributed by atoms with Crippen LogP contribution in [0.1, 0.15) is 39.5 Å². The van der Waals surface area contributed by atoms with Crippen LogP contribution in [0.4, 0.5) is 0 Å². The van der Waals surface area contributed by atoms with Gasteiger partial charge < -0.3 is 10.6 Å². The molecule has 1 heterocycles. The van der Waals surface area contributed by atoms with Crippen LogP contribution in [-0.4, -0.2) is 48.6 Å². The Balaban J connectivity index is 1.85. The zero-order valence-electron chi connectivity index (χ0n) is 11.1. The highest BCUT2D eigenvalue weighted by molar-refractivity contribution is 5.82. The van der Waals surface area contributed by atoms with Crippen molar-refractivity contribution in [3.8, 4) is 0 Å². The average Bonchev–Trinajstić information content (AvgIpc) is 2.76. The van der Waals surface area contributed by atoms with Crippen LogP contribution in [0.15, 0.2) is 0 Å². The molecule has 0 radical (unpaired) electrons. The van der Waals surface area contributed by atoms with Crippen LogP contribution in [-0.2, 0) is 4.79 Å². The molecule has 0 aromatic rings. The minimum atomic E-state index is 0.00882. The number of carbonyl (C=O) groups is 1. The predicted molar refractivity (Wildman–Crippen MR) is 68.9 cm³/mol. The topological polar surface area (TPSA) is 44.4 Å². The lowest BCUT2D eigenvalue weighted by Gasteiger charge is -2.34. The fourth-order valence-electron chi connectivity index (χ4n) is 2.92. The number of rotatable bonds is 3. The Labute approximate surface area is 104 Å². The SMILES string of the molecule is CC(C(=O)NC1(C)CCCC1)N1CCNCC1. The van der Waals surface area contributed by atoms with E-state index in [9.17, 15) is 4.79 Å². The Morgan fingerprint density at radius 3 is 2.47 bits per heavy atom. The highest BCUT2D eigenvalue weighted by Gasteiger charge is 2.32. The molecule has 1 aliphatic heterocycles. The molecule has 0 aromatic carbocycles. The van der Waals surface area contributed by atoms with Crippen LogP contribution in [0, 0.1) is 0 Å². The third-order valence-electron chi connectivity index (χ3n) is 4.21. The number of hydrogen-bond donors (Lipinski definition) is 2. The maximum absolute atomic E-state index is 12.2. The van der Waals surface area contributed by atoms with Gasteiger partial charge in [-0.05, 0) is 26.7 Å². The Bertz CT molecular complexity index is 268. The summed E-state index contributed by atoms with van der Waals surface area (Å²) >= 11 is 0. The third kappa shape index (κ3) is 3.19. The van der Waals surface area contributed by atoms with Crippen LogP contribution < -0.4 is 10.6 Å². The van der Waals surface area contributed by atoms with Crippen LogP contribution in [0.25, 0.3) is 0 Å².